The Labute approximate surface area is 126 Å². The van der Waals surface area contributed by atoms with E-state index < -0.39 is 0 Å². The highest BCUT2D eigenvalue weighted by atomic mass is 32.1. The van der Waals surface area contributed by atoms with E-state index in [0.717, 1.165) is 46.1 Å². The minimum atomic E-state index is 0.628. The van der Waals surface area contributed by atoms with Crippen LogP contribution in [0.1, 0.15) is 29.2 Å². The summed E-state index contributed by atoms with van der Waals surface area (Å²) >= 11 is 1.80. The van der Waals surface area contributed by atoms with Crippen LogP contribution >= 0.6 is 11.3 Å². The van der Waals surface area contributed by atoms with Gasteiger partial charge in [0.1, 0.15) is 0 Å². The lowest BCUT2D eigenvalue weighted by Gasteiger charge is -2.22. The van der Waals surface area contributed by atoms with Crippen LogP contribution < -0.4 is 5.73 Å². The molecule has 0 aliphatic heterocycles. The number of nitrogens with two attached hydrogens (primary N) is 1. The standard InChI is InChI=1S/C15H28N2O2S/c1-4-18-8-6-17(7-9-19-5-2)12-14-10-15(11-16)20-13(14)3/h10H,4-9,11-12,16H2,1-3H3. The summed E-state index contributed by atoms with van der Waals surface area (Å²) < 4.78 is 10.9. The van der Waals surface area contributed by atoms with Crippen molar-refractivity contribution < 1.29 is 9.47 Å². The molecule has 0 saturated heterocycles. The molecule has 4 nitrogen and oxygen atoms in total. The van der Waals surface area contributed by atoms with Gasteiger partial charge in [-0.25, -0.2) is 0 Å². The van der Waals surface area contributed by atoms with E-state index in [-0.39, 0.29) is 0 Å². The predicted octanol–water partition coefficient (Wildman–Crippen LogP) is 2.39. The Balaban J connectivity index is 2.54. The first-order valence-corrected chi connectivity index (χ1v) is 8.19. The van der Waals surface area contributed by atoms with E-state index in [4.69, 9.17) is 15.2 Å². The second-order valence-electron chi connectivity index (χ2n) is 4.67. The van der Waals surface area contributed by atoms with Crippen LogP contribution in [0.15, 0.2) is 6.07 Å². The highest BCUT2D eigenvalue weighted by molar-refractivity contribution is 7.12. The van der Waals surface area contributed by atoms with Gasteiger partial charge in [0.25, 0.3) is 0 Å². The van der Waals surface area contributed by atoms with E-state index in [9.17, 15) is 0 Å². The van der Waals surface area contributed by atoms with Crippen molar-refractivity contribution in [3.8, 4) is 0 Å². The molecule has 0 fully saturated rings. The summed E-state index contributed by atoms with van der Waals surface area (Å²) in [5.74, 6) is 0. The van der Waals surface area contributed by atoms with Crippen molar-refractivity contribution in [3.63, 3.8) is 0 Å². The molecular weight excluding hydrogens is 272 g/mol. The molecule has 1 aromatic heterocycles. The van der Waals surface area contributed by atoms with Crippen LogP contribution in [0.5, 0.6) is 0 Å². The largest absolute Gasteiger partial charge is 0.380 e. The first-order chi connectivity index (χ1) is 9.71. The van der Waals surface area contributed by atoms with Crippen molar-refractivity contribution in [2.75, 3.05) is 39.5 Å². The molecule has 5 heteroatoms. The van der Waals surface area contributed by atoms with Gasteiger partial charge in [0.15, 0.2) is 0 Å². The predicted molar refractivity (Wildman–Crippen MR) is 85.2 cm³/mol. The van der Waals surface area contributed by atoms with Crippen LogP contribution in [0.25, 0.3) is 0 Å². The molecule has 0 unspecified atom stereocenters. The maximum atomic E-state index is 5.72. The molecule has 1 heterocycles. The van der Waals surface area contributed by atoms with Gasteiger partial charge >= 0.3 is 0 Å². The number of aryl methyl sites for hydroxylation is 1. The number of hydrogen-bond acceptors (Lipinski definition) is 5. The summed E-state index contributed by atoms with van der Waals surface area (Å²) in [4.78, 5) is 5.01. The van der Waals surface area contributed by atoms with E-state index in [0.29, 0.717) is 6.54 Å². The third-order valence-electron chi connectivity index (χ3n) is 3.18. The minimum absolute atomic E-state index is 0.628. The maximum absolute atomic E-state index is 5.72. The van der Waals surface area contributed by atoms with Crippen molar-refractivity contribution in [3.05, 3.63) is 21.4 Å². The fraction of sp³-hybridized carbons (Fsp3) is 0.733. The lowest BCUT2D eigenvalue weighted by molar-refractivity contribution is 0.0797. The van der Waals surface area contributed by atoms with Gasteiger partial charge in [-0.1, -0.05) is 0 Å². The Morgan fingerprint density at radius 3 is 2.20 bits per heavy atom. The zero-order valence-electron chi connectivity index (χ0n) is 13.0. The highest BCUT2D eigenvalue weighted by Crippen LogP contribution is 2.22. The Bertz CT molecular complexity index is 359. The normalized spacial score (nSPS) is 11.4. The van der Waals surface area contributed by atoms with Gasteiger partial charge in [-0.2, -0.15) is 0 Å². The summed E-state index contributed by atoms with van der Waals surface area (Å²) in [6.07, 6.45) is 0. The summed E-state index contributed by atoms with van der Waals surface area (Å²) in [5.41, 5.74) is 7.09. The summed E-state index contributed by atoms with van der Waals surface area (Å²) in [6, 6.07) is 2.23. The fourth-order valence-electron chi connectivity index (χ4n) is 2.03. The SMILES string of the molecule is CCOCCN(CCOCC)Cc1cc(CN)sc1C. The summed E-state index contributed by atoms with van der Waals surface area (Å²) in [5, 5.41) is 0. The van der Waals surface area contributed by atoms with Gasteiger partial charge in [0.05, 0.1) is 13.2 Å². The van der Waals surface area contributed by atoms with Crippen molar-refractivity contribution in [1.29, 1.82) is 0 Å². The highest BCUT2D eigenvalue weighted by Gasteiger charge is 2.10. The van der Waals surface area contributed by atoms with Gasteiger partial charge in [0, 0.05) is 49.1 Å². The molecule has 1 aromatic rings. The van der Waals surface area contributed by atoms with Gasteiger partial charge in [-0.05, 0) is 32.4 Å². The van der Waals surface area contributed by atoms with E-state index in [1.54, 1.807) is 11.3 Å². The molecule has 2 N–H and O–H groups in total. The number of hydrogen-bond donors (Lipinski definition) is 1. The Kier molecular flexibility index (Phi) is 9.05. The fourth-order valence-corrected chi connectivity index (χ4v) is 2.96. The second-order valence-corrected chi connectivity index (χ2v) is 6.01. The minimum Gasteiger partial charge on any atom is -0.380 e. The quantitative estimate of drug-likeness (QED) is 0.638. The maximum Gasteiger partial charge on any atom is 0.0593 e. The summed E-state index contributed by atoms with van der Waals surface area (Å²) in [7, 11) is 0. The topological polar surface area (TPSA) is 47.7 Å². The van der Waals surface area contributed by atoms with Crippen molar-refractivity contribution >= 4 is 11.3 Å². The zero-order valence-corrected chi connectivity index (χ0v) is 13.8. The van der Waals surface area contributed by atoms with Crippen LogP contribution in [0.3, 0.4) is 0 Å². The number of thiophene rings is 1. The van der Waals surface area contributed by atoms with Crippen LogP contribution in [0, 0.1) is 6.92 Å². The Morgan fingerprint density at radius 1 is 1.15 bits per heavy atom. The van der Waals surface area contributed by atoms with Crippen LogP contribution in [0.4, 0.5) is 0 Å². The number of nitrogens with zero attached hydrogens (tertiary/aromatic N) is 1. The Morgan fingerprint density at radius 2 is 1.75 bits per heavy atom. The molecule has 0 spiro atoms. The van der Waals surface area contributed by atoms with Crippen molar-refractivity contribution in [1.82, 2.24) is 4.90 Å². The van der Waals surface area contributed by atoms with E-state index in [1.807, 2.05) is 13.8 Å². The molecule has 1 rings (SSSR count). The van der Waals surface area contributed by atoms with E-state index in [1.165, 1.54) is 15.3 Å². The second kappa shape index (κ2) is 10.3. The first kappa shape index (κ1) is 17.6. The molecule has 0 saturated carbocycles. The molecule has 0 aromatic carbocycles. The Hall–Kier alpha value is -0.460. The lowest BCUT2D eigenvalue weighted by Crippen LogP contribution is -2.30. The van der Waals surface area contributed by atoms with Gasteiger partial charge in [0.2, 0.25) is 0 Å². The monoisotopic (exact) mass is 300 g/mol. The third kappa shape index (κ3) is 6.33. The smallest absolute Gasteiger partial charge is 0.0593 e. The molecule has 0 amide bonds. The number of rotatable bonds is 11. The zero-order chi connectivity index (χ0) is 14.8. The van der Waals surface area contributed by atoms with Crippen LogP contribution in [-0.4, -0.2) is 44.4 Å². The molecule has 20 heavy (non-hydrogen) atoms. The van der Waals surface area contributed by atoms with Crippen molar-refractivity contribution in [2.45, 2.75) is 33.9 Å². The van der Waals surface area contributed by atoms with Gasteiger partial charge in [-0.15, -0.1) is 11.3 Å². The molecular formula is C15H28N2O2S. The van der Waals surface area contributed by atoms with Gasteiger partial charge in [-0.3, -0.25) is 4.90 Å². The first-order valence-electron chi connectivity index (χ1n) is 7.37. The molecule has 0 aliphatic rings. The van der Waals surface area contributed by atoms with Crippen molar-refractivity contribution in [2.24, 2.45) is 5.73 Å². The van der Waals surface area contributed by atoms with Crippen LogP contribution in [0.2, 0.25) is 0 Å². The van der Waals surface area contributed by atoms with Crippen LogP contribution in [-0.2, 0) is 22.6 Å². The van der Waals surface area contributed by atoms with Gasteiger partial charge < -0.3 is 15.2 Å². The molecule has 0 atom stereocenters. The lowest BCUT2D eigenvalue weighted by atomic mass is 10.2. The molecule has 0 aliphatic carbocycles. The number of ether oxygens (including phenoxy) is 2. The van der Waals surface area contributed by atoms with E-state index in [2.05, 4.69) is 17.9 Å². The third-order valence-corrected chi connectivity index (χ3v) is 4.29. The average Bonchev–Trinajstić information content (AvgIpc) is 2.79. The summed E-state index contributed by atoms with van der Waals surface area (Å²) in [6.45, 7) is 12.8. The molecule has 0 bridgehead atoms. The molecule has 116 valence electrons. The van der Waals surface area contributed by atoms with E-state index >= 15 is 0 Å². The molecule has 0 radical (unpaired) electrons. The average molecular weight is 300 g/mol.